The molecule has 0 saturated carbocycles. The molecule has 2 N–H and O–H groups in total. The Morgan fingerprint density at radius 3 is 2.42 bits per heavy atom. The minimum absolute atomic E-state index is 0.129. The molecule has 166 valence electrons. The first-order valence-electron chi connectivity index (χ1n) is 10.4. The Labute approximate surface area is 182 Å². The molecule has 31 heavy (non-hydrogen) atoms. The molecule has 8 heteroatoms. The maximum atomic E-state index is 13.2. The van der Waals surface area contributed by atoms with Crippen molar-refractivity contribution in [2.75, 3.05) is 58.3 Å². The number of benzene rings is 2. The van der Waals surface area contributed by atoms with E-state index in [4.69, 9.17) is 4.74 Å². The molecule has 0 radical (unpaired) electrons. The van der Waals surface area contributed by atoms with E-state index >= 15 is 0 Å². The van der Waals surface area contributed by atoms with E-state index in [1.54, 1.807) is 26.3 Å². The number of nitrogens with one attached hydrogen (secondary N) is 2. The van der Waals surface area contributed by atoms with E-state index in [2.05, 4.69) is 37.6 Å². The van der Waals surface area contributed by atoms with Gasteiger partial charge in [0.2, 0.25) is 5.91 Å². The summed E-state index contributed by atoms with van der Waals surface area (Å²) >= 11 is 0. The van der Waals surface area contributed by atoms with Crippen LogP contribution in [-0.2, 0) is 11.2 Å². The Kier molecular flexibility index (Phi) is 8.09. The lowest BCUT2D eigenvalue weighted by molar-refractivity contribution is -0.120. The Hall–Kier alpha value is -3.29. The van der Waals surface area contributed by atoms with Gasteiger partial charge in [-0.15, -0.1) is 0 Å². The summed E-state index contributed by atoms with van der Waals surface area (Å²) in [5.41, 5.74) is 1.85. The number of nitrogens with zero attached hydrogens (tertiary/aromatic N) is 3. The zero-order chi connectivity index (χ0) is 22.1. The topological polar surface area (TPSA) is 69.2 Å². The maximum absolute atomic E-state index is 13.2. The van der Waals surface area contributed by atoms with E-state index in [1.165, 1.54) is 17.8 Å². The van der Waals surface area contributed by atoms with Gasteiger partial charge in [0, 0.05) is 52.0 Å². The van der Waals surface area contributed by atoms with Crippen molar-refractivity contribution in [2.45, 2.75) is 6.42 Å². The van der Waals surface area contributed by atoms with Gasteiger partial charge in [-0.2, -0.15) is 0 Å². The van der Waals surface area contributed by atoms with Crippen molar-refractivity contribution in [1.29, 1.82) is 0 Å². The number of halogens is 1. The van der Waals surface area contributed by atoms with Crippen LogP contribution in [0.1, 0.15) is 5.56 Å². The van der Waals surface area contributed by atoms with Crippen LogP contribution in [-0.4, -0.2) is 70.2 Å². The van der Waals surface area contributed by atoms with Crippen LogP contribution in [0.15, 0.2) is 53.5 Å². The quantitative estimate of drug-likeness (QED) is 0.401. The van der Waals surface area contributed by atoms with Crippen molar-refractivity contribution in [1.82, 2.24) is 15.5 Å². The normalized spacial score (nSPS) is 14.4. The van der Waals surface area contributed by atoms with E-state index in [0.29, 0.717) is 18.7 Å². The van der Waals surface area contributed by atoms with E-state index in [-0.39, 0.29) is 18.1 Å². The molecule has 0 unspecified atom stereocenters. The van der Waals surface area contributed by atoms with Gasteiger partial charge in [0.05, 0.1) is 13.5 Å². The van der Waals surface area contributed by atoms with Crippen LogP contribution in [0.25, 0.3) is 0 Å². The summed E-state index contributed by atoms with van der Waals surface area (Å²) in [6.07, 6.45) is 0.166. The second-order valence-electron chi connectivity index (χ2n) is 7.30. The van der Waals surface area contributed by atoms with Crippen LogP contribution >= 0.6 is 0 Å². The summed E-state index contributed by atoms with van der Waals surface area (Å²) in [6, 6.07) is 14.2. The number of carbonyl (C=O) groups is 1. The van der Waals surface area contributed by atoms with Gasteiger partial charge < -0.3 is 25.2 Å². The molecule has 0 spiro atoms. The molecule has 0 atom stereocenters. The third-order valence-electron chi connectivity index (χ3n) is 5.21. The summed E-state index contributed by atoms with van der Waals surface area (Å²) in [4.78, 5) is 21.0. The zero-order valence-corrected chi connectivity index (χ0v) is 18.1. The van der Waals surface area contributed by atoms with Crippen molar-refractivity contribution in [3.05, 3.63) is 59.9 Å². The van der Waals surface area contributed by atoms with Gasteiger partial charge in [-0.05, 0) is 42.0 Å². The monoisotopic (exact) mass is 427 g/mol. The predicted molar refractivity (Wildman–Crippen MR) is 121 cm³/mol. The first kappa shape index (κ1) is 22.4. The number of guanidine groups is 1. The highest BCUT2D eigenvalue weighted by Crippen LogP contribution is 2.20. The minimum Gasteiger partial charge on any atom is -0.497 e. The second-order valence-corrected chi connectivity index (χ2v) is 7.30. The molecule has 7 nitrogen and oxygen atoms in total. The van der Waals surface area contributed by atoms with Crippen LogP contribution in [0.3, 0.4) is 0 Å². The van der Waals surface area contributed by atoms with Crippen molar-refractivity contribution >= 4 is 17.6 Å². The number of aliphatic imine (C=N–C) groups is 1. The zero-order valence-electron chi connectivity index (χ0n) is 18.1. The number of hydrogen-bond acceptors (Lipinski definition) is 4. The van der Waals surface area contributed by atoms with Crippen molar-refractivity contribution in [2.24, 2.45) is 4.99 Å². The van der Waals surface area contributed by atoms with E-state index < -0.39 is 0 Å². The maximum Gasteiger partial charge on any atom is 0.224 e. The number of hydrogen-bond donors (Lipinski definition) is 2. The summed E-state index contributed by atoms with van der Waals surface area (Å²) in [5, 5.41) is 6.16. The molecule has 2 aromatic rings. The van der Waals surface area contributed by atoms with Crippen molar-refractivity contribution in [3.63, 3.8) is 0 Å². The first-order chi connectivity index (χ1) is 15.1. The van der Waals surface area contributed by atoms with Gasteiger partial charge in [0.25, 0.3) is 0 Å². The molecular formula is C23H30FN5O2. The molecule has 1 aliphatic rings. The number of ether oxygens (including phenoxy) is 1. The predicted octanol–water partition coefficient (Wildman–Crippen LogP) is 1.89. The number of methoxy groups -OCH3 is 1. The fraction of sp³-hybridized carbons (Fsp3) is 0.391. The van der Waals surface area contributed by atoms with E-state index in [1.807, 2.05) is 12.1 Å². The standard InChI is InChI=1S/C23H30FN5O2/c1-25-23(27-11-10-26-22(30)17-18-4-3-5-19(24)16-18)29-14-12-28(13-15-29)20-6-8-21(31-2)9-7-20/h3-9,16H,10-15,17H2,1-2H3,(H,25,27)(H,26,30). The third-order valence-corrected chi connectivity index (χ3v) is 5.21. The van der Waals surface area contributed by atoms with Crippen LogP contribution < -0.4 is 20.3 Å². The summed E-state index contributed by atoms with van der Waals surface area (Å²) in [7, 11) is 3.43. The van der Waals surface area contributed by atoms with Crippen LogP contribution in [0.4, 0.5) is 10.1 Å². The fourth-order valence-electron chi connectivity index (χ4n) is 3.57. The van der Waals surface area contributed by atoms with Crippen molar-refractivity contribution < 1.29 is 13.9 Å². The Bertz CT molecular complexity index is 880. The van der Waals surface area contributed by atoms with Gasteiger partial charge in [-0.3, -0.25) is 9.79 Å². The molecule has 1 amide bonds. The highest BCUT2D eigenvalue weighted by Gasteiger charge is 2.19. The Morgan fingerprint density at radius 2 is 1.77 bits per heavy atom. The number of carbonyl (C=O) groups excluding carboxylic acids is 1. The van der Waals surface area contributed by atoms with Gasteiger partial charge >= 0.3 is 0 Å². The highest BCUT2D eigenvalue weighted by atomic mass is 19.1. The molecule has 0 bridgehead atoms. The molecule has 0 aliphatic carbocycles. The second kappa shape index (κ2) is 11.2. The van der Waals surface area contributed by atoms with Crippen LogP contribution in [0.5, 0.6) is 5.75 Å². The van der Waals surface area contributed by atoms with Crippen LogP contribution in [0.2, 0.25) is 0 Å². The van der Waals surface area contributed by atoms with Gasteiger partial charge in [-0.25, -0.2) is 4.39 Å². The molecule has 1 fully saturated rings. The average Bonchev–Trinajstić information content (AvgIpc) is 2.79. The fourth-order valence-corrected chi connectivity index (χ4v) is 3.57. The van der Waals surface area contributed by atoms with Gasteiger partial charge in [0.1, 0.15) is 11.6 Å². The largest absolute Gasteiger partial charge is 0.497 e. The summed E-state index contributed by atoms with van der Waals surface area (Å²) in [6.45, 7) is 4.56. The SMILES string of the molecule is CN=C(NCCNC(=O)Cc1cccc(F)c1)N1CCN(c2ccc(OC)cc2)CC1. The molecule has 1 heterocycles. The van der Waals surface area contributed by atoms with Crippen molar-refractivity contribution in [3.8, 4) is 5.75 Å². The smallest absolute Gasteiger partial charge is 0.224 e. The molecular weight excluding hydrogens is 397 g/mol. The lowest BCUT2D eigenvalue weighted by Gasteiger charge is -2.37. The molecule has 1 aliphatic heterocycles. The highest BCUT2D eigenvalue weighted by molar-refractivity contribution is 5.80. The summed E-state index contributed by atoms with van der Waals surface area (Å²) < 4.78 is 18.4. The Morgan fingerprint density at radius 1 is 1.06 bits per heavy atom. The first-order valence-corrected chi connectivity index (χ1v) is 10.4. The van der Waals surface area contributed by atoms with Crippen LogP contribution in [0, 0.1) is 5.82 Å². The molecule has 0 aromatic heterocycles. The van der Waals surface area contributed by atoms with Gasteiger partial charge in [0.15, 0.2) is 5.96 Å². The van der Waals surface area contributed by atoms with E-state index in [9.17, 15) is 9.18 Å². The van der Waals surface area contributed by atoms with E-state index in [0.717, 1.165) is 37.9 Å². The van der Waals surface area contributed by atoms with Gasteiger partial charge in [-0.1, -0.05) is 12.1 Å². The molecule has 3 rings (SSSR count). The lowest BCUT2D eigenvalue weighted by atomic mass is 10.1. The Balaban J connectivity index is 1.38. The number of anilines is 1. The lowest BCUT2D eigenvalue weighted by Crippen LogP contribution is -2.53. The third kappa shape index (κ3) is 6.60. The number of rotatable bonds is 7. The molecule has 1 saturated heterocycles. The molecule has 2 aromatic carbocycles. The average molecular weight is 428 g/mol. The minimum atomic E-state index is -0.331. The number of amides is 1. The number of piperazine rings is 1. The summed E-state index contributed by atoms with van der Waals surface area (Å²) in [5.74, 6) is 1.22.